The van der Waals surface area contributed by atoms with Gasteiger partial charge in [0, 0.05) is 49.6 Å². The first-order valence-electron chi connectivity index (χ1n) is 39.9. The van der Waals surface area contributed by atoms with Crippen LogP contribution in [0.25, 0.3) is 222 Å². The van der Waals surface area contributed by atoms with E-state index in [1.165, 1.54) is 0 Å². The Hall–Kier alpha value is -16.4. The van der Waals surface area contributed by atoms with Crippen LogP contribution in [0.15, 0.2) is 340 Å². The van der Waals surface area contributed by atoms with Gasteiger partial charge in [0.25, 0.3) is 0 Å². The fourth-order valence-electron chi connectivity index (χ4n) is 18.3. The fourth-order valence-corrected chi connectivity index (χ4v) is 18.3. The number of rotatable bonds is 4. The highest BCUT2D eigenvalue weighted by molar-refractivity contribution is 6.10. The maximum atomic E-state index is 6.15. The zero-order valence-electron chi connectivity index (χ0n) is 64.9. The molecule has 0 aliphatic carbocycles. The molecule has 0 unspecified atom stereocenters. The topological polar surface area (TPSA) is 180 Å². The average molecular weight is 1550 g/mol. The van der Waals surface area contributed by atoms with Crippen LogP contribution in [0.1, 0.15) is 22.5 Å². The van der Waals surface area contributed by atoms with Crippen LogP contribution in [-0.2, 0) is 0 Å². The third-order valence-corrected chi connectivity index (χ3v) is 23.7. The van der Waals surface area contributed by atoms with Crippen LogP contribution in [0, 0.1) is 27.7 Å². The lowest BCUT2D eigenvalue weighted by molar-refractivity contribution is 0.651. The number of para-hydroxylation sites is 18. The van der Waals surface area contributed by atoms with Crippen molar-refractivity contribution < 1.29 is 17.7 Å². The molecule has 0 saturated heterocycles. The summed E-state index contributed by atoms with van der Waals surface area (Å²) in [5.74, 6) is 3.60. The second-order valence-corrected chi connectivity index (χ2v) is 30.7. The lowest BCUT2D eigenvalue weighted by Crippen LogP contribution is -1.95. The van der Waals surface area contributed by atoms with Crippen molar-refractivity contribution in [3.8, 4) is 22.7 Å². The molecule has 120 heavy (non-hydrogen) atoms. The molecule has 0 amide bonds. The normalized spacial score (nSPS) is 12.2. The molecule has 0 aliphatic rings. The third kappa shape index (κ3) is 9.88. The summed E-state index contributed by atoms with van der Waals surface area (Å²) in [6, 6.07) is 105. The number of aromatic nitrogens is 15. The van der Waals surface area contributed by atoms with Crippen molar-refractivity contribution in [2.24, 2.45) is 0 Å². The first-order valence-corrected chi connectivity index (χ1v) is 39.9. The number of pyridine rings is 3. The number of hydrogen-bond donors (Lipinski definition) is 0. The van der Waals surface area contributed by atoms with Crippen LogP contribution in [0.5, 0.6) is 0 Å². The molecule has 0 fully saturated rings. The summed E-state index contributed by atoms with van der Waals surface area (Å²) in [7, 11) is 0. The van der Waals surface area contributed by atoms with Crippen LogP contribution in [0.4, 0.5) is 0 Å². The first-order chi connectivity index (χ1) is 59.2. The lowest BCUT2D eigenvalue weighted by atomic mass is 10.1. The molecule has 568 valence electrons. The molecule has 19 nitrogen and oxygen atoms in total. The van der Waals surface area contributed by atoms with E-state index in [-0.39, 0.29) is 0 Å². The zero-order valence-corrected chi connectivity index (χ0v) is 64.9. The van der Waals surface area contributed by atoms with Gasteiger partial charge in [0.15, 0.2) is 11.2 Å². The number of nitrogens with zero attached hydrogens (tertiary/aromatic N) is 15. The molecule has 28 rings (SSSR count). The lowest BCUT2D eigenvalue weighted by Gasteiger charge is -2.05. The number of benzene rings is 13. The van der Waals surface area contributed by atoms with Gasteiger partial charge in [-0.1, -0.05) is 133 Å². The molecule has 0 bridgehead atoms. The van der Waals surface area contributed by atoms with E-state index in [0.29, 0.717) is 5.71 Å². The highest BCUT2D eigenvalue weighted by atomic mass is 16.3. The number of hydrogen-bond acceptors (Lipinski definition) is 11. The smallest absolute Gasteiger partial charge is 0.227 e. The van der Waals surface area contributed by atoms with E-state index in [9.17, 15) is 0 Å². The Labute approximate surface area is 678 Å². The van der Waals surface area contributed by atoms with E-state index in [1.807, 2.05) is 68.7 Å². The van der Waals surface area contributed by atoms with Crippen molar-refractivity contribution >= 4 is 199 Å². The SMILES string of the molecule is Cc1cc2c(cn1)oc1ccc(-n3c4ccccc4n4c5ccccc5nc34)cc12.Cc1cccc2c1oc1ccc(-n3c4ccccc4n4c5ccccc5nc34)cc12.Cc1cccc2c1oc1ncc(-n3c4ccccc4n4c5ccccc5nc34)cc12.Cc1nccc2c1oc1ccc(-n3c4ccccc4n4c5ccccc5nc34)cc12. The highest BCUT2D eigenvalue weighted by Gasteiger charge is 2.25. The van der Waals surface area contributed by atoms with Gasteiger partial charge in [0.1, 0.15) is 27.9 Å². The predicted octanol–water partition coefficient (Wildman–Crippen LogP) is 24.7. The Morgan fingerprint density at radius 1 is 0.233 bits per heavy atom. The van der Waals surface area contributed by atoms with Gasteiger partial charge in [0.2, 0.25) is 28.8 Å². The standard InChI is InChI=1S/C26H17N3O.3C25H16N4O/c1-16-7-6-8-18-19-15-17(13-14-24(19)30-25(16)18)28-22-11-4-5-12-23(22)29-21-10-3-2-9-20(21)27-26(28)29;1-15-7-6-8-17-18-13-16(14-26-24(18)30-23(15)17)28-21-11-4-5-12-22(21)29-20-10-3-2-9-19(20)27-25(28)29;1-15-12-17-18-13-16(10-11-23(18)30-24(17)14-26-15)28-21-8-4-5-9-22(21)29-20-7-3-2-6-19(20)27-25(28)29;1-15-24-17(12-13-26-15)18-14-16(10-11-23(18)30-24)28-21-8-4-5-9-22(21)29-20-7-3-2-6-19(20)27-25(28)29/h2-15H,1H3;3*2-14H,1H3. The monoisotopic (exact) mass is 1550 g/mol. The summed E-state index contributed by atoms with van der Waals surface area (Å²) in [5, 5.41) is 8.70. The second-order valence-electron chi connectivity index (χ2n) is 30.7. The highest BCUT2D eigenvalue weighted by Crippen LogP contribution is 2.41. The van der Waals surface area contributed by atoms with Crippen molar-refractivity contribution in [2.75, 3.05) is 0 Å². The Kier molecular flexibility index (Phi) is 14.3. The molecular weight excluding hydrogens is 1490 g/mol. The van der Waals surface area contributed by atoms with Gasteiger partial charge in [-0.3, -0.25) is 45.8 Å². The van der Waals surface area contributed by atoms with E-state index in [1.54, 1.807) is 6.20 Å². The van der Waals surface area contributed by atoms with Crippen LogP contribution < -0.4 is 0 Å². The zero-order chi connectivity index (χ0) is 79.3. The van der Waals surface area contributed by atoms with Gasteiger partial charge in [-0.15, -0.1) is 0 Å². The molecule has 15 aromatic heterocycles. The van der Waals surface area contributed by atoms with Gasteiger partial charge in [-0.2, -0.15) is 0 Å². The maximum Gasteiger partial charge on any atom is 0.227 e. The summed E-state index contributed by atoms with van der Waals surface area (Å²) in [6.07, 6.45) is 5.50. The quantitative estimate of drug-likeness (QED) is 0.164. The van der Waals surface area contributed by atoms with E-state index in [2.05, 4.69) is 326 Å². The molecule has 0 saturated carbocycles. The van der Waals surface area contributed by atoms with Gasteiger partial charge in [0.05, 0.1) is 134 Å². The minimum atomic E-state index is 0.657. The summed E-state index contributed by atoms with van der Waals surface area (Å²) in [6.45, 7) is 8.13. The Morgan fingerprint density at radius 2 is 0.575 bits per heavy atom. The summed E-state index contributed by atoms with van der Waals surface area (Å²) < 4.78 is 42.1. The molecule has 28 aromatic rings. The number of imidazole rings is 8. The van der Waals surface area contributed by atoms with Crippen LogP contribution in [0.2, 0.25) is 0 Å². The predicted molar refractivity (Wildman–Crippen MR) is 480 cm³/mol. The minimum absolute atomic E-state index is 0.657. The molecule has 0 radical (unpaired) electrons. The molecule has 19 heteroatoms. The number of fused-ring (bicyclic) bond motifs is 32. The summed E-state index contributed by atoms with van der Waals surface area (Å²) in [5.41, 5.74) is 32.5. The van der Waals surface area contributed by atoms with Crippen molar-refractivity contribution in [1.29, 1.82) is 0 Å². The van der Waals surface area contributed by atoms with Gasteiger partial charge < -0.3 is 17.7 Å². The first kappa shape index (κ1) is 67.0. The molecule has 13 aromatic carbocycles. The Bertz CT molecular complexity index is 8290. The molecular formula is C101H65N15O4. The fraction of sp³-hybridized carbons (Fsp3) is 0.0396. The van der Waals surface area contributed by atoms with Crippen LogP contribution in [-0.4, -0.2) is 70.8 Å². The van der Waals surface area contributed by atoms with Gasteiger partial charge in [-0.05, 0) is 209 Å². The summed E-state index contributed by atoms with van der Waals surface area (Å²) in [4.78, 5) is 33.2. The average Bonchev–Trinajstić information content (AvgIpc) is 1.57. The Balaban J connectivity index is 0.0000000886. The van der Waals surface area contributed by atoms with Crippen LogP contribution >= 0.6 is 0 Å². The number of aryl methyl sites for hydroxylation is 4. The van der Waals surface area contributed by atoms with E-state index < -0.39 is 0 Å². The maximum absolute atomic E-state index is 6.15. The van der Waals surface area contributed by atoms with Gasteiger partial charge in [-0.25, -0.2) is 24.9 Å². The van der Waals surface area contributed by atoms with Crippen molar-refractivity contribution in [3.63, 3.8) is 0 Å². The molecule has 0 atom stereocenters. The van der Waals surface area contributed by atoms with Crippen LogP contribution in [0.3, 0.4) is 0 Å². The van der Waals surface area contributed by atoms with E-state index in [4.69, 9.17) is 37.6 Å². The second kappa shape index (κ2) is 25.5. The van der Waals surface area contributed by atoms with E-state index >= 15 is 0 Å². The Morgan fingerprint density at radius 3 is 1.02 bits per heavy atom. The third-order valence-electron chi connectivity index (χ3n) is 23.7. The number of furan rings is 4. The van der Waals surface area contributed by atoms with Crippen molar-refractivity contribution in [2.45, 2.75) is 27.7 Å². The van der Waals surface area contributed by atoms with Gasteiger partial charge >= 0.3 is 0 Å². The molecule has 0 N–H and O–H groups in total. The molecule has 15 heterocycles. The van der Waals surface area contributed by atoms with Crippen molar-refractivity contribution in [3.05, 3.63) is 344 Å². The molecule has 0 spiro atoms. The van der Waals surface area contributed by atoms with Crippen molar-refractivity contribution in [1.82, 2.24) is 70.8 Å². The summed E-state index contributed by atoms with van der Waals surface area (Å²) >= 11 is 0. The minimum Gasteiger partial charge on any atom is -0.456 e. The molecule has 0 aliphatic heterocycles. The largest absolute Gasteiger partial charge is 0.456 e. The van der Waals surface area contributed by atoms with E-state index in [0.717, 1.165) is 239 Å².